The molecule has 1 aromatic heterocycles. The van der Waals surface area contributed by atoms with E-state index in [-0.39, 0.29) is 11.9 Å². The number of amides is 1. The first-order valence-corrected chi connectivity index (χ1v) is 5.09. The van der Waals surface area contributed by atoms with Crippen molar-refractivity contribution in [1.82, 2.24) is 10.2 Å². The highest BCUT2D eigenvalue weighted by Gasteiger charge is 2.09. The van der Waals surface area contributed by atoms with E-state index in [1.54, 1.807) is 6.92 Å². The van der Waals surface area contributed by atoms with Crippen molar-refractivity contribution >= 4 is 11.7 Å². The second-order valence-electron chi connectivity index (χ2n) is 4.09. The Morgan fingerprint density at radius 1 is 1.60 bits per heavy atom. The average molecular weight is 210 g/mol. The van der Waals surface area contributed by atoms with E-state index >= 15 is 0 Å². The van der Waals surface area contributed by atoms with Crippen LogP contribution in [-0.4, -0.2) is 22.1 Å². The van der Waals surface area contributed by atoms with Crippen molar-refractivity contribution in [2.45, 2.75) is 39.2 Å². The fourth-order valence-corrected chi connectivity index (χ4v) is 1.18. The zero-order valence-corrected chi connectivity index (χ0v) is 9.37. The molecule has 0 spiro atoms. The van der Waals surface area contributed by atoms with Crippen LogP contribution in [0, 0.1) is 0 Å². The first-order chi connectivity index (χ1) is 6.99. The lowest BCUT2D eigenvalue weighted by molar-refractivity contribution is -0.116. The normalized spacial score (nSPS) is 12.9. The fourth-order valence-electron chi connectivity index (χ4n) is 1.18. The maximum absolute atomic E-state index is 11.4. The van der Waals surface area contributed by atoms with Gasteiger partial charge in [0.1, 0.15) is 0 Å². The van der Waals surface area contributed by atoms with Gasteiger partial charge in [-0.05, 0) is 12.8 Å². The molecule has 0 fully saturated rings. The van der Waals surface area contributed by atoms with Gasteiger partial charge in [0, 0.05) is 24.2 Å². The topological polar surface area (TPSA) is 83.8 Å². The van der Waals surface area contributed by atoms with Crippen LogP contribution in [0.5, 0.6) is 0 Å². The van der Waals surface area contributed by atoms with Gasteiger partial charge in [-0.3, -0.25) is 9.89 Å². The number of aromatic nitrogens is 2. The predicted molar refractivity (Wildman–Crippen MR) is 59.6 cm³/mol. The standard InChI is InChI=1S/C10H18N4O/c1-6(2)8-5-9(14-13-8)12-10(15)4-7(3)11/h5-7H,4,11H2,1-3H3,(H2,12,13,14,15). The van der Waals surface area contributed by atoms with Crippen LogP contribution >= 0.6 is 0 Å². The number of nitrogens with two attached hydrogens (primary N) is 1. The molecule has 0 aromatic carbocycles. The predicted octanol–water partition coefficient (Wildman–Crippen LogP) is 1.21. The lowest BCUT2D eigenvalue weighted by Gasteiger charge is -2.03. The van der Waals surface area contributed by atoms with Gasteiger partial charge in [0.25, 0.3) is 0 Å². The first-order valence-electron chi connectivity index (χ1n) is 5.09. The van der Waals surface area contributed by atoms with E-state index in [0.717, 1.165) is 5.69 Å². The molecule has 0 saturated carbocycles. The van der Waals surface area contributed by atoms with Gasteiger partial charge in [-0.15, -0.1) is 0 Å². The van der Waals surface area contributed by atoms with Crippen molar-refractivity contribution in [3.8, 4) is 0 Å². The molecule has 0 radical (unpaired) electrons. The molecular weight excluding hydrogens is 192 g/mol. The quantitative estimate of drug-likeness (QED) is 0.698. The molecule has 5 nitrogen and oxygen atoms in total. The summed E-state index contributed by atoms with van der Waals surface area (Å²) in [5.74, 6) is 0.827. The molecule has 5 heteroatoms. The molecule has 1 rings (SSSR count). The molecule has 0 bridgehead atoms. The van der Waals surface area contributed by atoms with Crippen LogP contribution in [0.15, 0.2) is 6.07 Å². The Labute approximate surface area is 89.4 Å². The fraction of sp³-hybridized carbons (Fsp3) is 0.600. The second kappa shape index (κ2) is 4.93. The maximum atomic E-state index is 11.4. The lowest BCUT2D eigenvalue weighted by atomic mass is 10.1. The Bertz CT molecular complexity index is 330. The van der Waals surface area contributed by atoms with E-state index in [1.807, 2.05) is 6.07 Å². The van der Waals surface area contributed by atoms with Gasteiger partial charge in [-0.2, -0.15) is 5.10 Å². The number of anilines is 1. The summed E-state index contributed by atoms with van der Waals surface area (Å²) < 4.78 is 0. The van der Waals surface area contributed by atoms with E-state index in [1.165, 1.54) is 0 Å². The van der Waals surface area contributed by atoms with Crippen LogP contribution in [0.3, 0.4) is 0 Å². The summed E-state index contributed by atoms with van der Waals surface area (Å²) in [6.07, 6.45) is 0.309. The van der Waals surface area contributed by atoms with Crippen molar-refractivity contribution in [2.24, 2.45) is 5.73 Å². The van der Waals surface area contributed by atoms with Gasteiger partial charge >= 0.3 is 0 Å². The molecule has 0 aliphatic rings. The minimum Gasteiger partial charge on any atom is -0.327 e. The monoisotopic (exact) mass is 210 g/mol. The number of carbonyl (C=O) groups is 1. The molecular formula is C10H18N4O. The third-order valence-electron chi connectivity index (χ3n) is 1.99. The highest BCUT2D eigenvalue weighted by molar-refractivity contribution is 5.90. The largest absolute Gasteiger partial charge is 0.327 e. The van der Waals surface area contributed by atoms with Crippen LogP contribution in [0.25, 0.3) is 0 Å². The zero-order valence-electron chi connectivity index (χ0n) is 9.37. The number of H-pyrrole nitrogens is 1. The van der Waals surface area contributed by atoms with Gasteiger partial charge in [0.05, 0.1) is 0 Å². The number of hydrogen-bond acceptors (Lipinski definition) is 3. The third-order valence-corrected chi connectivity index (χ3v) is 1.99. The van der Waals surface area contributed by atoms with Gasteiger partial charge in [0.2, 0.25) is 5.91 Å². The Kier molecular flexibility index (Phi) is 3.85. The van der Waals surface area contributed by atoms with Gasteiger partial charge in [-0.25, -0.2) is 0 Å². The van der Waals surface area contributed by atoms with E-state index in [2.05, 4.69) is 29.4 Å². The summed E-state index contributed by atoms with van der Waals surface area (Å²) in [6.45, 7) is 5.91. The number of rotatable bonds is 4. The highest BCUT2D eigenvalue weighted by Crippen LogP contribution is 2.14. The van der Waals surface area contributed by atoms with Crippen LogP contribution in [-0.2, 0) is 4.79 Å². The number of hydrogen-bond donors (Lipinski definition) is 3. The van der Waals surface area contributed by atoms with E-state index in [9.17, 15) is 4.79 Å². The maximum Gasteiger partial charge on any atom is 0.227 e. The number of carbonyl (C=O) groups excluding carboxylic acids is 1. The van der Waals surface area contributed by atoms with Gasteiger partial charge in [0.15, 0.2) is 5.82 Å². The molecule has 0 saturated heterocycles. The highest BCUT2D eigenvalue weighted by atomic mass is 16.1. The molecule has 1 aromatic rings. The van der Waals surface area contributed by atoms with Crippen molar-refractivity contribution in [2.75, 3.05) is 5.32 Å². The summed E-state index contributed by atoms with van der Waals surface area (Å²) >= 11 is 0. The van der Waals surface area contributed by atoms with Crippen molar-refractivity contribution in [1.29, 1.82) is 0 Å². The molecule has 84 valence electrons. The zero-order chi connectivity index (χ0) is 11.4. The molecule has 4 N–H and O–H groups in total. The van der Waals surface area contributed by atoms with E-state index in [4.69, 9.17) is 5.73 Å². The average Bonchev–Trinajstić information content (AvgIpc) is 2.50. The summed E-state index contributed by atoms with van der Waals surface area (Å²) in [5.41, 5.74) is 6.52. The molecule has 0 aliphatic carbocycles. The molecule has 15 heavy (non-hydrogen) atoms. The SMILES string of the molecule is CC(N)CC(=O)Nc1cc(C(C)C)[nH]n1. The van der Waals surface area contributed by atoms with Crippen LogP contribution in [0.4, 0.5) is 5.82 Å². The van der Waals surface area contributed by atoms with Gasteiger partial charge < -0.3 is 11.1 Å². The van der Waals surface area contributed by atoms with Gasteiger partial charge in [-0.1, -0.05) is 13.8 Å². The van der Waals surface area contributed by atoms with Crippen LogP contribution < -0.4 is 11.1 Å². The summed E-state index contributed by atoms with van der Waals surface area (Å²) in [5, 5.41) is 9.54. The Balaban J connectivity index is 2.53. The van der Waals surface area contributed by atoms with Crippen LogP contribution in [0.2, 0.25) is 0 Å². The smallest absolute Gasteiger partial charge is 0.227 e. The molecule has 1 atom stereocenters. The van der Waals surface area contributed by atoms with Crippen LogP contribution in [0.1, 0.15) is 38.8 Å². The van der Waals surface area contributed by atoms with E-state index < -0.39 is 0 Å². The van der Waals surface area contributed by atoms with Crippen molar-refractivity contribution in [3.63, 3.8) is 0 Å². The third kappa shape index (κ3) is 3.71. The number of aromatic amines is 1. The summed E-state index contributed by atoms with van der Waals surface area (Å²) in [7, 11) is 0. The second-order valence-corrected chi connectivity index (χ2v) is 4.09. The minimum absolute atomic E-state index is 0.105. The van der Waals surface area contributed by atoms with E-state index in [0.29, 0.717) is 18.2 Å². The molecule has 1 amide bonds. The molecule has 1 heterocycles. The van der Waals surface area contributed by atoms with Crippen molar-refractivity contribution in [3.05, 3.63) is 11.8 Å². The lowest BCUT2D eigenvalue weighted by Crippen LogP contribution is -2.24. The Hall–Kier alpha value is -1.36. The first kappa shape index (κ1) is 11.7. The summed E-state index contributed by atoms with van der Waals surface area (Å²) in [6, 6.07) is 1.71. The number of nitrogens with zero attached hydrogens (tertiary/aromatic N) is 1. The Morgan fingerprint density at radius 2 is 2.27 bits per heavy atom. The summed E-state index contributed by atoms with van der Waals surface area (Å²) in [4.78, 5) is 11.4. The Morgan fingerprint density at radius 3 is 2.73 bits per heavy atom. The molecule has 1 unspecified atom stereocenters. The minimum atomic E-state index is -0.131. The van der Waals surface area contributed by atoms with Crippen molar-refractivity contribution < 1.29 is 4.79 Å². The molecule has 0 aliphatic heterocycles. The number of nitrogens with one attached hydrogen (secondary N) is 2.